The number of nitro groups is 1. The van der Waals surface area contributed by atoms with E-state index in [4.69, 9.17) is 4.74 Å². The van der Waals surface area contributed by atoms with E-state index in [1.165, 1.54) is 44.8 Å². The predicted octanol–water partition coefficient (Wildman–Crippen LogP) is 6.90. The van der Waals surface area contributed by atoms with E-state index in [0.29, 0.717) is 40.0 Å². The van der Waals surface area contributed by atoms with E-state index in [1.54, 1.807) is 24.5 Å². The predicted molar refractivity (Wildman–Crippen MR) is 201 cm³/mol. The lowest BCUT2D eigenvalue weighted by Gasteiger charge is -2.55. The molecule has 4 aromatic rings. The number of nitrogens with one attached hydrogen (secondary N) is 3. The van der Waals surface area contributed by atoms with Crippen LogP contribution in [-0.2, 0) is 0 Å². The molecule has 8 rings (SSSR count). The highest BCUT2D eigenvalue weighted by Gasteiger charge is 2.48. The first-order valence-corrected chi connectivity index (χ1v) is 19.4. The van der Waals surface area contributed by atoms with Gasteiger partial charge in [-0.05, 0) is 125 Å². The minimum atomic E-state index is -0.480. The quantitative estimate of drug-likeness (QED) is 0.0723. The second kappa shape index (κ2) is 14.9. The van der Waals surface area contributed by atoms with Crippen LogP contribution in [-0.4, -0.2) is 80.7 Å². The van der Waals surface area contributed by atoms with E-state index in [1.807, 2.05) is 24.4 Å². The molecule has 4 aliphatic rings. The van der Waals surface area contributed by atoms with Crippen molar-refractivity contribution in [2.45, 2.75) is 81.2 Å². The Bertz CT molecular complexity index is 1910. The summed E-state index contributed by atoms with van der Waals surface area (Å²) in [6.07, 6.45) is 15.8. The molecule has 2 saturated heterocycles. The fourth-order valence-corrected chi connectivity index (χ4v) is 9.16. The minimum absolute atomic E-state index is 0.0639. The summed E-state index contributed by atoms with van der Waals surface area (Å²) < 4.78 is 9.16. The molecule has 1 aromatic carbocycles. The molecule has 2 aliphatic heterocycles. The third kappa shape index (κ3) is 7.55. The fourth-order valence-electron chi connectivity index (χ4n) is 8.54. The summed E-state index contributed by atoms with van der Waals surface area (Å²) in [7, 11) is 0. The number of hydrogen-bond acceptors (Lipinski definition) is 11. The number of aliphatic hydroxyl groups is 1. The summed E-state index contributed by atoms with van der Waals surface area (Å²) in [5.74, 6) is 0.669. The lowest BCUT2D eigenvalue weighted by atomic mass is 9.60. The summed E-state index contributed by atoms with van der Waals surface area (Å²) in [6, 6.07) is 11.3. The van der Waals surface area contributed by atoms with E-state index in [9.17, 15) is 20.0 Å². The Hall–Kier alpha value is -4.40. The van der Waals surface area contributed by atoms with Crippen molar-refractivity contribution >= 4 is 46.0 Å². The lowest BCUT2D eigenvalue weighted by Crippen LogP contribution is -2.54. The van der Waals surface area contributed by atoms with E-state index < -0.39 is 10.8 Å². The molecule has 4 N–H and O–H groups in total. The number of nitro benzene ring substituents is 1. The Morgan fingerprint density at radius 3 is 2.60 bits per heavy atom. The lowest BCUT2D eigenvalue weighted by molar-refractivity contribution is -0.384. The zero-order chi connectivity index (χ0) is 35.7. The van der Waals surface area contributed by atoms with Crippen LogP contribution in [0.1, 0.15) is 74.7 Å². The van der Waals surface area contributed by atoms with Crippen LogP contribution in [0, 0.1) is 21.4 Å². The molecule has 0 bridgehead atoms. The average molecular weight is 727 g/mol. The fraction of sp³-hybridized carbons (Fsp3) is 0.500. The van der Waals surface area contributed by atoms with Crippen LogP contribution in [0.25, 0.3) is 11.0 Å². The van der Waals surface area contributed by atoms with Gasteiger partial charge in [0.2, 0.25) is 0 Å². The van der Waals surface area contributed by atoms with Gasteiger partial charge in [0.25, 0.3) is 11.6 Å². The van der Waals surface area contributed by atoms with Gasteiger partial charge in [-0.15, -0.1) is 0 Å². The molecule has 2 aliphatic carbocycles. The number of pyridine rings is 2. The number of fused-ring (bicyclic) bond motifs is 1. The van der Waals surface area contributed by atoms with Gasteiger partial charge in [-0.1, -0.05) is 0 Å². The van der Waals surface area contributed by atoms with Crippen molar-refractivity contribution in [2.75, 3.05) is 42.9 Å². The van der Waals surface area contributed by atoms with Crippen LogP contribution >= 0.6 is 11.9 Å². The first-order chi connectivity index (χ1) is 25.3. The molecule has 3 aromatic heterocycles. The highest BCUT2D eigenvalue weighted by Crippen LogP contribution is 2.52. The first-order valence-electron chi connectivity index (χ1n) is 18.6. The van der Waals surface area contributed by atoms with Crippen LogP contribution < -0.4 is 19.7 Å². The number of piperidine rings is 1. The van der Waals surface area contributed by atoms with Crippen LogP contribution in [0.4, 0.5) is 17.1 Å². The number of H-pyrrole nitrogens is 1. The molecule has 13 nitrogen and oxygen atoms in total. The number of benzene rings is 1. The Balaban J connectivity index is 0.953. The summed E-state index contributed by atoms with van der Waals surface area (Å²) in [5.41, 5.74) is 2.56. The summed E-state index contributed by atoms with van der Waals surface area (Å²) >= 11 is 0.993. The molecule has 4 fully saturated rings. The number of ether oxygens (including phenoxy) is 1. The molecule has 0 atom stereocenters. The summed E-state index contributed by atoms with van der Waals surface area (Å²) in [4.78, 5) is 42.9. The third-order valence-electron chi connectivity index (χ3n) is 11.7. The van der Waals surface area contributed by atoms with E-state index in [2.05, 4.69) is 34.8 Å². The van der Waals surface area contributed by atoms with Crippen molar-refractivity contribution in [3.05, 3.63) is 70.8 Å². The molecule has 0 radical (unpaired) electrons. The van der Waals surface area contributed by atoms with Gasteiger partial charge in [-0.2, -0.15) is 0 Å². The number of hydrogen-bond donors (Lipinski definition) is 4. The van der Waals surface area contributed by atoms with Gasteiger partial charge in [0, 0.05) is 54.3 Å². The van der Waals surface area contributed by atoms with E-state index in [-0.39, 0.29) is 17.5 Å². The maximum Gasteiger partial charge on any atom is 0.293 e. The smallest absolute Gasteiger partial charge is 0.293 e. The van der Waals surface area contributed by atoms with E-state index in [0.717, 1.165) is 86.3 Å². The zero-order valence-corrected chi connectivity index (χ0v) is 30.1. The SMILES string of the molecule is O=C(NSc1ccc(NCC2CCC(O)CC2)c([N+](=O)[O-])c1)c1ncc(N2CCC3(CC2)CC(N2CCCC2)C3)cc1Oc1cnc2[nH]ccc2c1. The molecular weight excluding hydrogens is 681 g/mol. The summed E-state index contributed by atoms with van der Waals surface area (Å²) in [6.45, 7) is 4.97. The third-order valence-corrected chi connectivity index (χ3v) is 12.4. The molecule has 52 heavy (non-hydrogen) atoms. The van der Waals surface area contributed by atoms with Crippen molar-refractivity contribution in [2.24, 2.45) is 11.3 Å². The number of likely N-dealkylation sites (tertiary alicyclic amines) is 1. The number of anilines is 2. The van der Waals surface area contributed by atoms with Crippen molar-refractivity contribution < 1.29 is 19.6 Å². The molecule has 0 unspecified atom stereocenters. The van der Waals surface area contributed by atoms with E-state index >= 15 is 0 Å². The first kappa shape index (κ1) is 34.7. The number of aromatic nitrogens is 3. The van der Waals surface area contributed by atoms with Crippen LogP contribution in [0.2, 0.25) is 0 Å². The topological polar surface area (TPSA) is 162 Å². The normalized spacial score (nSPS) is 22.0. The van der Waals surface area contributed by atoms with Gasteiger partial charge in [0.15, 0.2) is 11.4 Å². The number of nitrogens with zero attached hydrogens (tertiary/aromatic N) is 5. The standard InChI is InChI=1S/C38H46N8O5S/c47-29-5-3-25(4-6-29)22-40-32-8-7-31(19-33(32)46(49)50)52-43-37(48)35-34(51-30-17-26-9-12-39-36(26)42-24-30)18-27(23-41-35)45-15-10-38(11-16-45)20-28(21-38)44-13-1-2-14-44/h7-9,12,17-19,23-25,28-29,40,47H,1-6,10-11,13-16,20-22H2,(H,39,42)(H,43,48). The maximum absolute atomic E-state index is 13.7. The van der Waals surface area contributed by atoms with Crippen LogP contribution in [0.3, 0.4) is 0 Å². The highest BCUT2D eigenvalue weighted by atomic mass is 32.2. The number of rotatable bonds is 11. The number of aromatic amines is 1. The molecule has 5 heterocycles. The van der Waals surface area contributed by atoms with Crippen molar-refractivity contribution in [1.82, 2.24) is 24.6 Å². The second-order valence-electron chi connectivity index (χ2n) is 15.0. The number of carbonyl (C=O) groups is 1. The molecule has 2 saturated carbocycles. The van der Waals surface area contributed by atoms with Crippen LogP contribution in [0.15, 0.2) is 59.9 Å². The molecule has 274 valence electrons. The molecule has 1 spiro atoms. The van der Waals surface area contributed by atoms with Crippen molar-refractivity contribution in [1.29, 1.82) is 0 Å². The monoisotopic (exact) mass is 726 g/mol. The van der Waals surface area contributed by atoms with Gasteiger partial charge >= 0.3 is 0 Å². The number of amides is 1. The van der Waals surface area contributed by atoms with Gasteiger partial charge in [0.1, 0.15) is 17.1 Å². The van der Waals surface area contributed by atoms with Gasteiger partial charge in [-0.25, -0.2) is 9.97 Å². The number of aliphatic hydroxyl groups excluding tert-OH is 1. The average Bonchev–Trinajstić information content (AvgIpc) is 3.86. The molecule has 14 heteroatoms. The van der Waals surface area contributed by atoms with Gasteiger partial charge < -0.3 is 29.9 Å². The van der Waals surface area contributed by atoms with Crippen molar-refractivity contribution in [3.8, 4) is 11.5 Å². The second-order valence-corrected chi connectivity index (χ2v) is 15.9. The van der Waals surface area contributed by atoms with Crippen LogP contribution in [0.5, 0.6) is 11.5 Å². The largest absolute Gasteiger partial charge is 0.453 e. The van der Waals surface area contributed by atoms with Gasteiger partial charge in [0.05, 0.1) is 29.1 Å². The highest BCUT2D eigenvalue weighted by molar-refractivity contribution is 7.98. The molecular formula is C38H46N8O5S. The van der Waals surface area contributed by atoms with Crippen molar-refractivity contribution in [3.63, 3.8) is 0 Å². The maximum atomic E-state index is 13.7. The Morgan fingerprint density at radius 2 is 1.83 bits per heavy atom. The van der Waals surface area contributed by atoms with Gasteiger partial charge in [-0.3, -0.25) is 19.6 Å². The minimum Gasteiger partial charge on any atom is -0.453 e. The molecule has 1 amide bonds. The Labute approximate surface area is 307 Å². The summed E-state index contributed by atoms with van der Waals surface area (Å²) in [5, 5.41) is 25.9. The zero-order valence-electron chi connectivity index (χ0n) is 29.3. The number of carbonyl (C=O) groups excluding carboxylic acids is 1. The Morgan fingerprint density at radius 1 is 1.04 bits per heavy atom. The Kier molecular flexibility index (Phi) is 9.95.